The second kappa shape index (κ2) is 6.27. The minimum Gasteiger partial charge on any atom is -0.339 e. The van der Waals surface area contributed by atoms with E-state index >= 15 is 0 Å². The predicted molar refractivity (Wildman–Crippen MR) is 92.9 cm³/mol. The highest BCUT2D eigenvalue weighted by atomic mass is 35.5. The largest absolute Gasteiger partial charge is 0.339 e. The van der Waals surface area contributed by atoms with Gasteiger partial charge in [-0.05, 0) is 50.3 Å². The SMILES string of the molecule is O=C(c1ccc(Cl)c(F)c1)N1CCC[C@]2(CCC(=O)N(C3CC3)C2)C1. The summed E-state index contributed by atoms with van der Waals surface area (Å²) in [6, 6.07) is 4.64. The third-order valence-electron chi connectivity index (χ3n) is 5.80. The smallest absolute Gasteiger partial charge is 0.253 e. The molecule has 4 nitrogen and oxygen atoms in total. The molecule has 2 heterocycles. The van der Waals surface area contributed by atoms with E-state index in [-0.39, 0.29) is 22.3 Å². The first-order valence-electron chi connectivity index (χ1n) is 9.01. The second-order valence-corrected chi connectivity index (χ2v) is 8.12. The Kier molecular flexibility index (Phi) is 4.22. The van der Waals surface area contributed by atoms with E-state index in [1.165, 1.54) is 12.1 Å². The molecule has 25 heavy (non-hydrogen) atoms. The Morgan fingerprint density at radius 3 is 2.76 bits per heavy atom. The fourth-order valence-corrected chi connectivity index (χ4v) is 4.41. The van der Waals surface area contributed by atoms with Crippen molar-refractivity contribution in [3.8, 4) is 0 Å². The van der Waals surface area contributed by atoms with Gasteiger partial charge in [0, 0.05) is 43.1 Å². The molecule has 1 aromatic rings. The Bertz CT molecular complexity index is 721. The van der Waals surface area contributed by atoms with E-state index in [2.05, 4.69) is 0 Å². The average Bonchev–Trinajstić information content (AvgIpc) is 3.44. The number of benzene rings is 1. The van der Waals surface area contributed by atoms with E-state index in [0.717, 1.165) is 38.6 Å². The van der Waals surface area contributed by atoms with Gasteiger partial charge in [0.2, 0.25) is 5.91 Å². The normalized spacial score (nSPS) is 27.0. The maximum Gasteiger partial charge on any atom is 0.253 e. The molecule has 1 atom stereocenters. The van der Waals surface area contributed by atoms with Gasteiger partial charge in [-0.3, -0.25) is 9.59 Å². The van der Waals surface area contributed by atoms with Crippen molar-refractivity contribution in [1.29, 1.82) is 0 Å². The van der Waals surface area contributed by atoms with E-state index in [4.69, 9.17) is 11.6 Å². The summed E-state index contributed by atoms with van der Waals surface area (Å²) in [5.74, 6) is -0.455. The van der Waals surface area contributed by atoms with Crippen molar-refractivity contribution in [2.24, 2.45) is 5.41 Å². The molecule has 1 saturated carbocycles. The molecular weight excluding hydrogens is 343 g/mol. The van der Waals surface area contributed by atoms with Crippen molar-refractivity contribution in [1.82, 2.24) is 9.80 Å². The number of amides is 2. The molecule has 0 bridgehead atoms. The highest BCUT2D eigenvalue weighted by Gasteiger charge is 2.46. The predicted octanol–water partition coefficient (Wildman–Crippen LogP) is 3.49. The molecule has 0 N–H and O–H groups in total. The first-order valence-corrected chi connectivity index (χ1v) is 9.39. The number of rotatable bonds is 2. The highest BCUT2D eigenvalue weighted by molar-refractivity contribution is 6.30. The van der Waals surface area contributed by atoms with Gasteiger partial charge >= 0.3 is 0 Å². The van der Waals surface area contributed by atoms with Gasteiger partial charge in [-0.1, -0.05) is 11.6 Å². The minimum atomic E-state index is -0.567. The van der Waals surface area contributed by atoms with Crippen LogP contribution in [-0.4, -0.2) is 47.3 Å². The summed E-state index contributed by atoms with van der Waals surface area (Å²) in [5.41, 5.74) is 0.333. The summed E-state index contributed by atoms with van der Waals surface area (Å²) in [6.45, 7) is 2.09. The third-order valence-corrected chi connectivity index (χ3v) is 6.10. The van der Waals surface area contributed by atoms with Crippen LogP contribution in [0.3, 0.4) is 0 Å². The quantitative estimate of drug-likeness (QED) is 0.806. The van der Waals surface area contributed by atoms with Crippen LogP contribution < -0.4 is 0 Å². The average molecular weight is 365 g/mol. The van der Waals surface area contributed by atoms with Crippen LogP contribution in [-0.2, 0) is 4.79 Å². The highest BCUT2D eigenvalue weighted by Crippen LogP contribution is 2.42. The Labute approximate surface area is 151 Å². The molecule has 6 heteroatoms. The van der Waals surface area contributed by atoms with E-state index in [1.807, 2.05) is 9.80 Å². The lowest BCUT2D eigenvalue weighted by molar-refractivity contribution is -0.139. The van der Waals surface area contributed by atoms with Gasteiger partial charge in [0.1, 0.15) is 5.82 Å². The number of hydrogen-bond donors (Lipinski definition) is 0. The lowest BCUT2D eigenvalue weighted by atomic mass is 9.73. The number of nitrogens with zero attached hydrogens (tertiary/aromatic N) is 2. The van der Waals surface area contributed by atoms with Gasteiger partial charge in [0.25, 0.3) is 5.91 Å². The summed E-state index contributed by atoms with van der Waals surface area (Å²) >= 11 is 5.72. The van der Waals surface area contributed by atoms with E-state index in [9.17, 15) is 14.0 Å². The number of piperidine rings is 2. The number of halogens is 2. The molecule has 2 aliphatic heterocycles. The standard InChI is InChI=1S/C19H22ClFN2O2/c20-15-5-2-13(10-16(15)21)18(25)22-9-1-7-19(11-22)8-6-17(24)23(12-19)14-3-4-14/h2,5,10,14H,1,3-4,6-9,11-12H2/t19-/m0/s1. The van der Waals surface area contributed by atoms with Gasteiger partial charge in [0.15, 0.2) is 0 Å². The van der Waals surface area contributed by atoms with Crippen LogP contribution in [0.15, 0.2) is 18.2 Å². The van der Waals surface area contributed by atoms with Gasteiger partial charge in [-0.25, -0.2) is 4.39 Å². The zero-order valence-corrected chi connectivity index (χ0v) is 14.9. The maximum atomic E-state index is 13.7. The summed E-state index contributed by atoms with van der Waals surface area (Å²) in [6.07, 6.45) is 5.60. The number of likely N-dealkylation sites (tertiary alicyclic amines) is 2. The first-order chi connectivity index (χ1) is 12.0. The first kappa shape index (κ1) is 16.8. The van der Waals surface area contributed by atoms with Gasteiger partial charge < -0.3 is 9.80 Å². The zero-order valence-electron chi connectivity index (χ0n) is 14.1. The fraction of sp³-hybridized carbons (Fsp3) is 0.579. The van der Waals surface area contributed by atoms with Crippen molar-refractivity contribution in [3.63, 3.8) is 0 Å². The molecule has 0 aromatic heterocycles. The summed E-state index contributed by atoms with van der Waals surface area (Å²) in [5, 5.41) is 0.0255. The Balaban J connectivity index is 1.51. The van der Waals surface area contributed by atoms with Crippen LogP contribution >= 0.6 is 11.6 Å². The van der Waals surface area contributed by atoms with Gasteiger partial charge in [-0.15, -0.1) is 0 Å². The van der Waals surface area contributed by atoms with E-state index in [1.54, 1.807) is 6.07 Å². The molecule has 134 valence electrons. The molecule has 1 spiro atoms. The molecule has 0 unspecified atom stereocenters. The van der Waals surface area contributed by atoms with Crippen LogP contribution in [0.2, 0.25) is 5.02 Å². The lowest BCUT2D eigenvalue weighted by Gasteiger charge is -2.48. The van der Waals surface area contributed by atoms with Crippen molar-refractivity contribution in [2.45, 2.75) is 44.6 Å². The molecule has 3 fully saturated rings. The molecule has 2 saturated heterocycles. The van der Waals surface area contributed by atoms with Crippen molar-refractivity contribution < 1.29 is 14.0 Å². The Morgan fingerprint density at radius 1 is 1.24 bits per heavy atom. The van der Waals surface area contributed by atoms with Crippen molar-refractivity contribution in [3.05, 3.63) is 34.6 Å². The zero-order chi connectivity index (χ0) is 17.6. The van der Waals surface area contributed by atoms with E-state index in [0.29, 0.717) is 31.1 Å². The monoisotopic (exact) mass is 364 g/mol. The molecule has 4 rings (SSSR count). The summed E-state index contributed by atoms with van der Waals surface area (Å²) in [4.78, 5) is 28.9. The van der Waals surface area contributed by atoms with Crippen LogP contribution in [0.1, 0.15) is 48.9 Å². The number of hydrogen-bond acceptors (Lipinski definition) is 2. The van der Waals surface area contributed by atoms with Crippen molar-refractivity contribution in [2.75, 3.05) is 19.6 Å². The van der Waals surface area contributed by atoms with Gasteiger partial charge in [0.05, 0.1) is 5.02 Å². The Morgan fingerprint density at radius 2 is 2.04 bits per heavy atom. The molecule has 2 amide bonds. The molecule has 1 aliphatic carbocycles. The van der Waals surface area contributed by atoms with Crippen LogP contribution in [0, 0.1) is 11.2 Å². The van der Waals surface area contributed by atoms with E-state index < -0.39 is 5.82 Å². The number of carbonyl (C=O) groups is 2. The van der Waals surface area contributed by atoms with Crippen LogP contribution in [0.4, 0.5) is 4.39 Å². The number of carbonyl (C=O) groups excluding carboxylic acids is 2. The van der Waals surface area contributed by atoms with Gasteiger partial charge in [-0.2, -0.15) is 0 Å². The summed E-state index contributed by atoms with van der Waals surface area (Å²) < 4.78 is 13.7. The molecule has 0 radical (unpaired) electrons. The topological polar surface area (TPSA) is 40.6 Å². The minimum absolute atomic E-state index is 0.00458. The Hall–Kier alpha value is -1.62. The second-order valence-electron chi connectivity index (χ2n) is 7.71. The van der Waals surface area contributed by atoms with Crippen LogP contribution in [0.25, 0.3) is 0 Å². The summed E-state index contributed by atoms with van der Waals surface area (Å²) in [7, 11) is 0. The van der Waals surface area contributed by atoms with Crippen molar-refractivity contribution >= 4 is 23.4 Å². The molecule has 3 aliphatic rings. The lowest BCUT2D eigenvalue weighted by Crippen LogP contribution is -2.55. The molecule has 1 aromatic carbocycles. The third kappa shape index (κ3) is 3.26. The fourth-order valence-electron chi connectivity index (χ4n) is 4.29. The maximum absolute atomic E-state index is 13.7. The molecular formula is C19H22ClFN2O2. The van der Waals surface area contributed by atoms with Crippen LogP contribution in [0.5, 0.6) is 0 Å².